The third-order valence-electron chi connectivity index (χ3n) is 4.65. The van der Waals surface area contributed by atoms with Gasteiger partial charge in [0.1, 0.15) is 17.6 Å². The zero-order valence-corrected chi connectivity index (χ0v) is 14.8. The number of amides is 1. The Hall–Kier alpha value is -3.22. The summed E-state index contributed by atoms with van der Waals surface area (Å²) >= 11 is 0. The predicted molar refractivity (Wildman–Crippen MR) is 95.2 cm³/mol. The highest BCUT2D eigenvalue weighted by Crippen LogP contribution is 2.34. The minimum Gasteiger partial charge on any atom is -0.497 e. The van der Waals surface area contributed by atoms with Crippen molar-refractivity contribution in [1.29, 1.82) is 0 Å². The highest BCUT2D eigenvalue weighted by molar-refractivity contribution is 5.78. The molecule has 0 N–H and O–H groups in total. The van der Waals surface area contributed by atoms with Crippen molar-refractivity contribution in [3.63, 3.8) is 0 Å². The summed E-state index contributed by atoms with van der Waals surface area (Å²) in [6.07, 6.45) is 1.03. The van der Waals surface area contributed by atoms with Gasteiger partial charge in [-0.05, 0) is 36.2 Å². The van der Waals surface area contributed by atoms with Crippen molar-refractivity contribution >= 4 is 5.91 Å². The first-order chi connectivity index (χ1) is 13.1. The van der Waals surface area contributed by atoms with E-state index in [2.05, 4.69) is 10.1 Å². The van der Waals surface area contributed by atoms with E-state index in [1.54, 1.807) is 24.1 Å². The number of hydrogen-bond acceptors (Lipinski definition) is 5. The Labute approximate surface area is 155 Å². The maximum Gasteiger partial charge on any atom is 0.249 e. The van der Waals surface area contributed by atoms with Crippen LogP contribution in [-0.2, 0) is 11.3 Å². The highest BCUT2D eigenvalue weighted by atomic mass is 19.1. The van der Waals surface area contributed by atoms with E-state index in [4.69, 9.17) is 9.26 Å². The molecule has 0 spiro atoms. The van der Waals surface area contributed by atoms with Crippen LogP contribution in [0.15, 0.2) is 53.1 Å². The average Bonchev–Trinajstić information content (AvgIpc) is 3.31. The summed E-state index contributed by atoms with van der Waals surface area (Å²) in [7, 11) is 1.60. The van der Waals surface area contributed by atoms with Crippen molar-refractivity contribution in [2.24, 2.45) is 0 Å². The van der Waals surface area contributed by atoms with Crippen LogP contribution in [0.25, 0.3) is 11.4 Å². The summed E-state index contributed by atoms with van der Waals surface area (Å²) in [5.41, 5.74) is 1.63. The normalized spacial score (nSPS) is 16.7. The van der Waals surface area contributed by atoms with Crippen LogP contribution in [0.3, 0.4) is 0 Å². The lowest BCUT2D eigenvalue weighted by Gasteiger charge is -2.22. The van der Waals surface area contributed by atoms with E-state index in [1.165, 1.54) is 12.1 Å². The standard InChI is InChI=1S/C20H18FN3O3/c1-26-16-4-2-3-14(11-16)19-22-20(27-23-19)17-9-10-18(25)24(17)12-13-5-7-15(21)8-6-13/h2-8,11,17H,9-10,12H2,1H3. The van der Waals surface area contributed by atoms with Crippen molar-refractivity contribution < 1.29 is 18.4 Å². The molecule has 1 amide bonds. The second-order valence-electron chi connectivity index (χ2n) is 6.39. The Morgan fingerprint density at radius 2 is 2.07 bits per heavy atom. The number of likely N-dealkylation sites (tertiary alicyclic amines) is 1. The molecule has 1 aliphatic rings. The van der Waals surface area contributed by atoms with Crippen LogP contribution in [0.5, 0.6) is 5.75 Å². The van der Waals surface area contributed by atoms with E-state index in [1.807, 2.05) is 24.3 Å². The van der Waals surface area contributed by atoms with E-state index in [-0.39, 0.29) is 17.8 Å². The van der Waals surface area contributed by atoms with Gasteiger partial charge in [0.25, 0.3) is 0 Å². The quantitative estimate of drug-likeness (QED) is 0.687. The molecule has 7 heteroatoms. The van der Waals surface area contributed by atoms with Gasteiger partial charge in [-0.1, -0.05) is 29.4 Å². The molecule has 0 saturated carbocycles. The van der Waals surface area contributed by atoms with Crippen LogP contribution in [0.4, 0.5) is 4.39 Å². The minimum absolute atomic E-state index is 0.0189. The Balaban J connectivity index is 1.57. The van der Waals surface area contributed by atoms with Crippen molar-refractivity contribution in [2.45, 2.75) is 25.4 Å². The summed E-state index contributed by atoms with van der Waals surface area (Å²) in [4.78, 5) is 18.5. The Morgan fingerprint density at radius 1 is 1.26 bits per heavy atom. The van der Waals surface area contributed by atoms with Crippen molar-refractivity contribution in [2.75, 3.05) is 7.11 Å². The highest BCUT2D eigenvalue weighted by Gasteiger charge is 2.36. The number of rotatable bonds is 5. The molecule has 27 heavy (non-hydrogen) atoms. The number of halogens is 1. The molecule has 0 radical (unpaired) electrons. The summed E-state index contributed by atoms with van der Waals surface area (Å²) in [5.74, 6) is 1.27. The fourth-order valence-corrected chi connectivity index (χ4v) is 3.23. The first-order valence-electron chi connectivity index (χ1n) is 8.66. The molecule has 1 saturated heterocycles. The topological polar surface area (TPSA) is 68.5 Å². The third kappa shape index (κ3) is 3.53. The number of carbonyl (C=O) groups excluding carboxylic acids is 1. The predicted octanol–water partition coefficient (Wildman–Crippen LogP) is 3.75. The van der Waals surface area contributed by atoms with Crippen LogP contribution < -0.4 is 4.74 Å². The summed E-state index contributed by atoms with van der Waals surface area (Å²) in [6.45, 7) is 0.376. The Kier molecular flexibility index (Phi) is 4.58. The minimum atomic E-state index is -0.303. The summed E-state index contributed by atoms with van der Waals surface area (Å²) in [5, 5.41) is 4.06. The molecule has 1 fully saturated rings. The molecule has 2 heterocycles. The van der Waals surface area contributed by atoms with E-state index < -0.39 is 0 Å². The first kappa shape index (κ1) is 17.2. The van der Waals surface area contributed by atoms with Gasteiger partial charge in [0.05, 0.1) is 7.11 Å². The molecule has 1 atom stereocenters. The van der Waals surface area contributed by atoms with Crippen LogP contribution in [0.1, 0.15) is 30.3 Å². The van der Waals surface area contributed by atoms with Crippen LogP contribution >= 0.6 is 0 Å². The molecule has 1 aliphatic heterocycles. The van der Waals surface area contributed by atoms with Gasteiger partial charge in [-0.25, -0.2) is 4.39 Å². The zero-order valence-electron chi connectivity index (χ0n) is 14.8. The van der Waals surface area contributed by atoms with Gasteiger partial charge in [-0.3, -0.25) is 4.79 Å². The van der Waals surface area contributed by atoms with E-state index >= 15 is 0 Å². The number of methoxy groups -OCH3 is 1. The van der Waals surface area contributed by atoms with E-state index in [0.717, 1.165) is 11.1 Å². The zero-order chi connectivity index (χ0) is 18.8. The number of carbonyl (C=O) groups is 1. The molecule has 0 bridgehead atoms. The molecule has 1 aromatic heterocycles. The van der Waals surface area contributed by atoms with Gasteiger partial charge >= 0.3 is 0 Å². The van der Waals surface area contributed by atoms with Gasteiger partial charge in [0.15, 0.2) is 0 Å². The fourth-order valence-electron chi connectivity index (χ4n) is 3.23. The lowest BCUT2D eigenvalue weighted by atomic mass is 10.1. The molecular weight excluding hydrogens is 349 g/mol. The molecule has 1 unspecified atom stereocenters. The lowest BCUT2D eigenvalue weighted by Crippen LogP contribution is -2.27. The smallest absolute Gasteiger partial charge is 0.249 e. The van der Waals surface area contributed by atoms with Crippen molar-refractivity contribution in [1.82, 2.24) is 15.0 Å². The maximum absolute atomic E-state index is 13.1. The largest absolute Gasteiger partial charge is 0.497 e. The van der Waals surface area contributed by atoms with Gasteiger partial charge in [0.2, 0.25) is 17.6 Å². The molecule has 2 aromatic carbocycles. The SMILES string of the molecule is COc1cccc(-c2noc(C3CCC(=O)N3Cc3ccc(F)cc3)n2)c1. The van der Waals surface area contributed by atoms with Crippen LogP contribution in [0, 0.1) is 5.82 Å². The molecule has 4 rings (SSSR count). The summed E-state index contributed by atoms with van der Waals surface area (Å²) < 4.78 is 23.8. The third-order valence-corrected chi connectivity index (χ3v) is 4.65. The van der Waals surface area contributed by atoms with Crippen molar-refractivity contribution in [3.8, 4) is 17.1 Å². The second-order valence-corrected chi connectivity index (χ2v) is 6.39. The fraction of sp³-hybridized carbons (Fsp3) is 0.250. The van der Waals surface area contributed by atoms with Crippen LogP contribution in [0.2, 0.25) is 0 Å². The van der Waals surface area contributed by atoms with E-state index in [9.17, 15) is 9.18 Å². The number of aromatic nitrogens is 2. The monoisotopic (exact) mass is 367 g/mol. The van der Waals surface area contributed by atoms with Gasteiger partial charge < -0.3 is 14.2 Å². The first-order valence-corrected chi connectivity index (χ1v) is 8.66. The number of nitrogens with zero attached hydrogens (tertiary/aromatic N) is 3. The van der Waals surface area contributed by atoms with Crippen LogP contribution in [-0.4, -0.2) is 28.1 Å². The maximum atomic E-state index is 13.1. The molecule has 3 aromatic rings. The lowest BCUT2D eigenvalue weighted by molar-refractivity contribution is -0.129. The number of benzene rings is 2. The van der Waals surface area contributed by atoms with Gasteiger partial charge in [0, 0.05) is 18.5 Å². The molecule has 0 aliphatic carbocycles. The Bertz CT molecular complexity index is 955. The molecular formula is C20H18FN3O3. The van der Waals surface area contributed by atoms with Crippen molar-refractivity contribution in [3.05, 3.63) is 65.8 Å². The van der Waals surface area contributed by atoms with E-state index in [0.29, 0.717) is 36.9 Å². The number of hydrogen-bond donors (Lipinski definition) is 0. The second kappa shape index (κ2) is 7.19. The van der Waals surface area contributed by atoms with Gasteiger partial charge in [-0.15, -0.1) is 0 Å². The number of ether oxygens (including phenoxy) is 1. The Morgan fingerprint density at radius 3 is 2.85 bits per heavy atom. The molecule has 138 valence electrons. The average molecular weight is 367 g/mol. The van der Waals surface area contributed by atoms with Gasteiger partial charge in [-0.2, -0.15) is 4.98 Å². The molecule has 6 nitrogen and oxygen atoms in total. The summed E-state index contributed by atoms with van der Waals surface area (Å²) in [6, 6.07) is 13.2.